The predicted octanol–water partition coefficient (Wildman–Crippen LogP) is 8.83. The Hall–Kier alpha value is -2.38. The maximum atomic E-state index is 13.4. The largest absolute Gasteiger partial charge is 0.480 e. The summed E-state index contributed by atoms with van der Waals surface area (Å²) in [6.07, 6.45) is 1.64. The maximum Gasteiger partial charge on any atom is 0.265 e. The normalized spacial score (nSPS) is 13.8. The second-order valence-corrected chi connectivity index (χ2v) is 14.2. The van der Waals surface area contributed by atoms with Crippen LogP contribution in [0.5, 0.6) is 5.75 Å². The van der Waals surface area contributed by atoms with Crippen LogP contribution in [0.1, 0.15) is 99.6 Å². The van der Waals surface area contributed by atoms with E-state index in [1.165, 1.54) is 5.56 Å². The zero-order valence-corrected chi connectivity index (χ0v) is 28.5. The van der Waals surface area contributed by atoms with Gasteiger partial charge < -0.3 is 15.4 Å². The molecule has 226 valence electrons. The van der Waals surface area contributed by atoms with Crippen molar-refractivity contribution in [3.63, 3.8) is 0 Å². The number of hydrogen-bond acceptors (Lipinski definition) is 4. The van der Waals surface area contributed by atoms with Gasteiger partial charge in [-0.1, -0.05) is 109 Å². The number of halogens is 2. The van der Waals surface area contributed by atoms with Crippen molar-refractivity contribution in [2.75, 3.05) is 10.6 Å². The average molecular weight is 650 g/mol. The third-order valence-corrected chi connectivity index (χ3v) is 9.04. The van der Waals surface area contributed by atoms with Crippen molar-refractivity contribution in [2.24, 2.45) is 5.41 Å². The maximum absolute atomic E-state index is 13.4. The number of anilines is 2. The molecule has 2 aromatic rings. The third-order valence-electron chi connectivity index (χ3n) is 7.88. The molecule has 0 aliphatic rings. The minimum absolute atomic E-state index is 0.0230. The van der Waals surface area contributed by atoms with Crippen LogP contribution in [0.3, 0.4) is 0 Å². The van der Waals surface area contributed by atoms with Gasteiger partial charge in [-0.3, -0.25) is 14.4 Å². The van der Waals surface area contributed by atoms with E-state index in [9.17, 15) is 14.4 Å². The summed E-state index contributed by atoms with van der Waals surface area (Å²) in [6.45, 7) is 20.3. The average Bonchev–Trinajstić information content (AvgIpc) is 2.91. The highest BCUT2D eigenvalue weighted by molar-refractivity contribution is 9.10. The number of rotatable bonds is 12. The summed E-state index contributed by atoms with van der Waals surface area (Å²) in [7, 11) is 0. The van der Waals surface area contributed by atoms with Crippen LogP contribution in [-0.2, 0) is 25.2 Å². The van der Waals surface area contributed by atoms with Crippen LogP contribution >= 0.6 is 27.5 Å². The summed E-state index contributed by atoms with van der Waals surface area (Å²) >= 11 is 9.52. The number of ether oxygens (including phenoxy) is 1. The molecule has 8 heteroatoms. The molecule has 0 heterocycles. The van der Waals surface area contributed by atoms with Crippen LogP contribution in [0.4, 0.5) is 11.4 Å². The molecule has 2 N–H and O–H groups in total. The molecule has 0 fully saturated rings. The number of carbonyl (C=O) groups is 3. The second-order valence-electron chi connectivity index (χ2n) is 12.9. The van der Waals surface area contributed by atoms with Crippen molar-refractivity contribution in [1.82, 2.24) is 0 Å². The highest BCUT2D eigenvalue weighted by Gasteiger charge is 2.33. The van der Waals surface area contributed by atoms with Crippen LogP contribution in [0.2, 0.25) is 5.02 Å². The van der Waals surface area contributed by atoms with E-state index in [0.717, 1.165) is 18.4 Å². The molecule has 6 nitrogen and oxygen atoms in total. The Kier molecular flexibility index (Phi) is 11.7. The molecule has 0 aliphatic heterocycles. The molecule has 2 amide bonds. The van der Waals surface area contributed by atoms with Gasteiger partial charge in [-0.25, -0.2) is 0 Å². The molecule has 0 bridgehead atoms. The van der Waals surface area contributed by atoms with Crippen LogP contribution in [0.25, 0.3) is 0 Å². The fourth-order valence-electron chi connectivity index (χ4n) is 4.07. The van der Waals surface area contributed by atoms with Gasteiger partial charge in [-0.2, -0.15) is 0 Å². The highest BCUT2D eigenvalue weighted by Crippen LogP contribution is 2.39. The van der Waals surface area contributed by atoms with Gasteiger partial charge in [0.05, 0.1) is 10.7 Å². The topological polar surface area (TPSA) is 84.5 Å². The van der Waals surface area contributed by atoms with E-state index in [-0.39, 0.29) is 33.2 Å². The molecule has 0 aromatic heterocycles. The lowest BCUT2D eigenvalue weighted by atomic mass is 9.76. The molecule has 2 atom stereocenters. The van der Waals surface area contributed by atoms with Gasteiger partial charge in [0.2, 0.25) is 5.91 Å². The molecule has 0 spiro atoms. The molecule has 0 saturated carbocycles. The number of benzene rings is 2. The van der Waals surface area contributed by atoms with E-state index in [4.69, 9.17) is 16.3 Å². The zero-order valence-electron chi connectivity index (χ0n) is 26.1. The van der Waals surface area contributed by atoms with Crippen molar-refractivity contribution in [3.8, 4) is 5.75 Å². The molecule has 0 radical (unpaired) electrons. The van der Waals surface area contributed by atoms with Crippen LogP contribution in [0.15, 0.2) is 36.4 Å². The fraction of sp³-hybridized carbons (Fsp3) is 0.545. The smallest absolute Gasteiger partial charge is 0.265 e. The Balaban J connectivity index is 2.29. The lowest BCUT2D eigenvalue weighted by molar-refractivity contribution is -0.129. The highest BCUT2D eigenvalue weighted by atomic mass is 79.9. The van der Waals surface area contributed by atoms with E-state index in [2.05, 4.69) is 80.2 Å². The van der Waals surface area contributed by atoms with E-state index < -0.39 is 22.3 Å². The number of alkyl halides is 1. The molecule has 2 rings (SSSR count). The van der Waals surface area contributed by atoms with Crippen LogP contribution in [0, 0.1) is 5.41 Å². The molecule has 0 aliphatic carbocycles. The molecule has 2 unspecified atom stereocenters. The monoisotopic (exact) mass is 648 g/mol. The summed E-state index contributed by atoms with van der Waals surface area (Å²) < 4.78 is 6.37. The van der Waals surface area contributed by atoms with Crippen molar-refractivity contribution in [1.29, 1.82) is 0 Å². The number of ketones is 1. The van der Waals surface area contributed by atoms with Crippen molar-refractivity contribution in [3.05, 3.63) is 52.5 Å². The third kappa shape index (κ3) is 8.81. The van der Waals surface area contributed by atoms with E-state index in [1.54, 1.807) is 39.0 Å². The molecule has 0 saturated heterocycles. The Labute approximate surface area is 259 Å². The molecule has 2 aromatic carbocycles. The standard InChI is InChI=1S/C33H46BrClN2O4/c1-11-25(41-26-17-14-20(32(7,8)12-2)18-22(26)33(9,10)13-3)29(39)36-21-15-16-23(35)24(19-21)37-30(40)27(34)28(38)31(4,5)6/h14-19,25,27H,11-13H2,1-10H3,(H,36,39)(H,37,40). The van der Waals surface area contributed by atoms with Gasteiger partial charge in [-0.05, 0) is 59.9 Å². The lowest BCUT2D eigenvalue weighted by Crippen LogP contribution is -2.37. The van der Waals surface area contributed by atoms with E-state index in [0.29, 0.717) is 17.9 Å². The molecular weight excluding hydrogens is 604 g/mol. The van der Waals surface area contributed by atoms with Crippen molar-refractivity contribution in [2.45, 2.75) is 110 Å². The first kappa shape index (κ1) is 34.8. The van der Waals surface area contributed by atoms with Gasteiger partial charge in [-0.15, -0.1) is 0 Å². The summed E-state index contributed by atoms with van der Waals surface area (Å²) in [5, 5.41) is 5.87. The van der Waals surface area contributed by atoms with Gasteiger partial charge >= 0.3 is 0 Å². The first-order chi connectivity index (χ1) is 18.9. The van der Waals surface area contributed by atoms with Gasteiger partial charge in [0.1, 0.15) is 5.75 Å². The Morgan fingerprint density at radius 1 is 0.854 bits per heavy atom. The summed E-state index contributed by atoms with van der Waals surface area (Å²) in [4.78, 5) is 37.6. The number of hydrogen-bond donors (Lipinski definition) is 2. The Bertz CT molecular complexity index is 1270. The summed E-state index contributed by atoms with van der Waals surface area (Å²) in [5.41, 5.74) is 2.24. The van der Waals surface area contributed by atoms with E-state index in [1.807, 2.05) is 13.0 Å². The molecule has 41 heavy (non-hydrogen) atoms. The second kappa shape index (κ2) is 13.7. The van der Waals surface area contributed by atoms with Crippen LogP contribution in [-0.4, -0.2) is 28.5 Å². The van der Waals surface area contributed by atoms with Crippen molar-refractivity contribution >= 4 is 56.5 Å². The minimum Gasteiger partial charge on any atom is -0.480 e. The zero-order chi connectivity index (χ0) is 31.3. The first-order valence-electron chi connectivity index (χ1n) is 14.3. The number of Topliss-reactive ketones (excluding diaryl/α,β-unsaturated/α-hetero) is 1. The number of amides is 2. The van der Waals surface area contributed by atoms with Gasteiger partial charge in [0.15, 0.2) is 16.7 Å². The SMILES string of the molecule is CCC(Oc1ccc(C(C)(C)CC)cc1C(C)(C)CC)C(=O)Nc1ccc(Cl)c(NC(=O)C(Br)C(=O)C(C)(C)C)c1. The minimum atomic E-state index is -1.04. The Morgan fingerprint density at radius 2 is 1.46 bits per heavy atom. The van der Waals surface area contributed by atoms with Crippen LogP contribution < -0.4 is 15.4 Å². The van der Waals surface area contributed by atoms with E-state index >= 15 is 0 Å². The first-order valence-corrected chi connectivity index (χ1v) is 15.6. The Morgan fingerprint density at radius 3 is 2.00 bits per heavy atom. The number of nitrogens with one attached hydrogen (secondary N) is 2. The predicted molar refractivity (Wildman–Crippen MR) is 174 cm³/mol. The summed E-state index contributed by atoms with van der Waals surface area (Å²) in [5.74, 6) is -0.404. The number of carbonyl (C=O) groups excluding carboxylic acids is 3. The summed E-state index contributed by atoms with van der Waals surface area (Å²) in [6, 6.07) is 11.1. The van der Waals surface area contributed by atoms with Gasteiger partial charge in [0.25, 0.3) is 5.91 Å². The lowest BCUT2D eigenvalue weighted by Gasteiger charge is -2.31. The quantitative estimate of drug-likeness (QED) is 0.178. The molecular formula is C33H46BrClN2O4. The fourth-order valence-corrected chi connectivity index (χ4v) is 5.04. The van der Waals surface area contributed by atoms with Gasteiger partial charge in [0, 0.05) is 16.7 Å². The van der Waals surface area contributed by atoms with Crippen molar-refractivity contribution < 1.29 is 19.1 Å².